The van der Waals surface area contributed by atoms with Gasteiger partial charge in [-0.25, -0.2) is 8.42 Å². The van der Waals surface area contributed by atoms with Crippen LogP contribution >= 0.6 is 0 Å². The minimum atomic E-state index is -3.32. The minimum Gasteiger partial charge on any atom is -0.394 e. The molecule has 8 atom stereocenters. The zero-order chi connectivity index (χ0) is 26.0. The molecule has 0 bridgehead atoms. The molecule has 0 saturated carbocycles. The van der Waals surface area contributed by atoms with Gasteiger partial charge in [0.05, 0.1) is 42.5 Å². The van der Waals surface area contributed by atoms with E-state index in [9.17, 15) is 34.0 Å². The van der Waals surface area contributed by atoms with Crippen LogP contribution in [-0.2, 0) is 24.0 Å². The zero-order valence-electron chi connectivity index (χ0n) is 19.8. The van der Waals surface area contributed by atoms with Crippen molar-refractivity contribution >= 4 is 9.84 Å². The Labute approximate surface area is 209 Å². The summed E-state index contributed by atoms with van der Waals surface area (Å²) in [6.45, 7) is -0.689. The van der Waals surface area contributed by atoms with Crippen molar-refractivity contribution < 1.29 is 48.2 Å². The van der Waals surface area contributed by atoms with Gasteiger partial charge in [-0.05, 0) is 34.9 Å². The predicted molar refractivity (Wildman–Crippen MR) is 128 cm³/mol. The summed E-state index contributed by atoms with van der Waals surface area (Å²) in [5, 5.41) is 50.8. The molecule has 2 aromatic carbocycles. The molecule has 11 heteroatoms. The van der Waals surface area contributed by atoms with Gasteiger partial charge in [0.2, 0.25) is 0 Å². The van der Waals surface area contributed by atoms with Crippen LogP contribution in [0.1, 0.15) is 24.5 Å². The van der Waals surface area contributed by atoms with E-state index in [0.29, 0.717) is 5.56 Å². The fourth-order valence-corrected chi connectivity index (χ4v) is 5.20. The van der Waals surface area contributed by atoms with Crippen LogP contribution in [0.4, 0.5) is 0 Å². The lowest BCUT2D eigenvalue weighted by molar-refractivity contribution is -0.309. The van der Waals surface area contributed by atoms with Gasteiger partial charge in [-0.1, -0.05) is 30.3 Å². The first-order chi connectivity index (χ1) is 17.1. The fraction of sp³-hybridized carbons (Fsp3) is 0.520. The maximum Gasteiger partial charge on any atom is 0.186 e. The summed E-state index contributed by atoms with van der Waals surface area (Å²) in [4.78, 5) is 0.208. The summed E-state index contributed by atoms with van der Waals surface area (Å²) in [5.41, 5.74) is 2.15. The smallest absolute Gasteiger partial charge is 0.186 e. The molecule has 4 rings (SSSR count). The summed E-state index contributed by atoms with van der Waals surface area (Å²) < 4.78 is 40.9. The Kier molecular flexibility index (Phi) is 8.45. The Hall–Kier alpha value is -1.93. The van der Waals surface area contributed by atoms with Gasteiger partial charge >= 0.3 is 0 Å². The van der Waals surface area contributed by atoms with Gasteiger partial charge in [0.25, 0.3) is 0 Å². The Balaban J connectivity index is 1.56. The van der Waals surface area contributed by atoms with Gasteiger partial charge in [-0.2, -0.15) is 0 Å². The standard InChI is InChI=1S/C25H32O10S/c1-36(31,32)19-7-5-14(6-8-19)15-3-2-4-16(9-15)24-23(30)21(11-18(13-27)33-24)35-25-22(29)20(28)10-17(12-26)34-25/h2-9,17-18,20-30H,10-13H2,1H3. The van der Waals surface area contributed by atoms with Crippen molar-refractivity contribution in [1.29, 1.82) is 0 Å². The number of aliphatic hydroxyl groups is 5. The number of aliphatic hydroxyl groups excluding tert-OH is 5. The van der Waals surface area contributed by atoms with E-state index in [0.717, 1.165) is 17.4 Å². The number of sulfone groups is 1. The van der Waals surface area contributed by atoms with Crippen molar-refractivity contribution in [1.82, 2.24) is 0 Å². The third kappa shape index (κ3) is 5.96. The van der Waals surface area contributed by atoms with Crippen molar-refractivity contribution in [3.63, 3.8) is 0 Å². The van der Waals surface area contributed by atoms with Crippen LogP contribution in [0, 0.1) is 0 Å². The number of hydrogen-bond acceptors (Lipinski definition) is 10. The van der Waals surface area contributed by atoms with Gasteiger partial charge in [-0.3, -0.25) is 0 Å². The van der Waals surface area contributed by atoms with Crippen molar-refractivity contribution in [2.45, 2.75) is 66.8 Å². The van der Waals surface area contributed by atoms with E-state index < -0.39 is 58.9 Å². The zero-order valence-corrected chi connectivity index (χ0v) is 20.6. The lowest BCUT2D eigenvalue weighted by Crippen LogP contribution is -2.54. The minimum absolute atomic E-state index is 0.0493. The van der Waals surface area contributed by atoms with Crippen LogP contribution in [0.5, 0.6) is 0 Å². The second-order valence-electron chi connectivity index (χ2n) is 9.29. The highest BCUT2D eigenvalue weighted by Crippen LogP contribution is 2.36. The van der Waals surface area contributed by atoms with Crippen molar-refractivity contribution in [2.24, 2.45) is 0 Å². The molecule has 8 unspecified atom stereocenters. The van der Waals surface area contributed by atoms with E-state index in [1.165, 1.54) is 12.1 Å². The normalized spacial score (nSPS) is 33.4. The molecule has 2 aromatic rings. The van der Waals surface area contributed by atoms with Crippen LogP contribution in [0.3, 0.4) is 0 Å². The molecule has 10 nitrogen and oxygen atoms in total. The molecule has 0 aliphatic carbocycles. The lowest BCUT2D eigenvalue weighted by Gasteiger charge is -2.43. The fourth-order valence-electron chi connectivity index (χ4n) is 4.57. The van der Waals surface area contributed by atoms with E-state index in [1.54, 1.807) is 30.3 Å². The Morgan fingerprint density at radius 1 is 0.889 bits per heavy atom. The molecule has 0 amide bonds. The maximum absolute atomic E-state index is 11.8. The van der Waals surface area contributed by atoms with Crippen LogP contribution in [0.2, 0.25) is 0 Å². The van der Waals surface area contributed by atoms with Gasteiger partial charge in [0.1, 0.15) is 18.3 Å². The predicted octanol–water partition coefficient (Wildman–Crippen LogP) is 0.155. The average Bonchev–Trinajstić information content (AvgIpc) is 2.87. The SMILES string of the molecule is CS(=O)(=O)c1ccc(-c2cccc(C3OC(CO)CC(OC4OC(CO)CC(O)C4O)C3O)c2)cc1. The van der Waals surface area contributed by atoms with E-state index in [1.807, 2.05) is 6.07 Å². The highest BCUT2D eigenvalue weighted by molar-refractivity contribution is 7.90. The summed E-state index contributed by atoms with van der Waals surface area (Å²) in [6.07, 6.45) is -6.86. The molecule has 2 aliphatic rings. The molecule has 0 aromatic heterocycles. The third-order valence-corrected chi connectivity index (χ3v) is 7.71. The molecule has 2 saturated heterocycles. The molecule has 36 heavy (non-hydrogen) atoms. The second kappa shape index (κ2) is 11.2. The summed E-state index contributed by atoms with van der Waals surface area (Å²) >= 11 is 0. The number of benzene rings is 2. The van der Waals surface area contributed by atoms with Crippen molar-refractivity contribution in [3.05, 3.63) is 54.1 Å². The summed E-state index contributed by atoms with van der Waals surface area (Å²) in [7, 11) is -3.32. The molecular formula is C25H32O10S. The van der Waals surface area contributed by atoms with Gasteiger partial charge in [0.15, 0.2) is 16.1 Å². The molecule has 5 N–H and O–H groups in total. The average molecular weight is 525 g/mol. The van der Waals surface area contributed by atoms with Gasteiger partial charge in [0, 0.05) is 19.1 Å². The highest BCUT2D eigenvalue weighted by atomic mass is 32.2. The van der Waals surface area contributed by atoms with Gasteiger partial charge < -0.3 is 39.7 Å². The van der Waals surface area contributed by atoms with Gasteiger partial charge in [-0.15, -0.1) is 0 Å². The van der Waals surface area contributed by atoms with Crippen LogP contribution in [0.25, 0.3) is 11.1 Å². The summed E-state index contributed by atoms with van der Waals surface area (Å²) in [6, 6.07) is 13.6. The Morgan fingerprint density at radius 2 is 1.56 bits per heavy atom. The van der Waals surface area contributed by atoms with E-state index in [2.05, 4.69) is 0 Å². The van der Waals surface area contributed by atoms with Crippen molar-refractivity contribution in [2.75, 3.05) is 19.5 Å². The highest BCUT2D eigenvalue weighted by Gasteiger charge is 2.44. The lowest BCUT2D eigenvalue weighted by atomic mass is 9.91. The molecule has 2 fully saturated rings. The first-order valence-electron chi connectivity index (χ1n) is 11.7. The van der Waals surface area contributed by atoms with Crippen molar-refractivity contribution in [3.8, 4) is 11.1 Å². The molecule has 0 radical (unpaired) electrons. The first kappa shape index (κ1) is 27.1. The number of rotatable bonds is 7. The van der Waals surface area contributed by atoms with E-state index in [-0.39, 0.29) is 31.0 Å². The largest absolute Gasteiger partial charge is 0.394 e. The maximum atomic E-state index is 11.8. The first-order valence-corrected chi connectivity index (χ1v) is 13.6. The Bertz CT molecular complexity index is 1120. The molecule has 198 valence electrons. The van der Waals surface area contributed by atoms with Crippen LogP contribution in [-0.4, -0.2) is 96.3 Å². The third-order valence-electron chi connectivity index (χ3n) is 6.58. The molecule has 0 spiro atoms. The molecule has 2 heterocycles. The monoisotopic (exact) mass is 524 g/mol. The van der Waals surface area contributed by atoms with E-state index >= 15 is 0 Å². The van der Waals surface area contributed by atoms with Crippen LogP contribution < -0.4 is 0 Å². The number of ether oxygens (including phenoxy) is 3. The quantitative estimate of drug-likeness (QED) is 0.337. The van der Waals surface area contributed by atoms with Crippen LogP contribution in [0.15, 0.2) is 53.4 Å². The number of hydrogen-bond donors (Lipinski definition) is 5. The summed E-state index contributed by atoms with van der Waals surface area (Å²) in [5.74, 6) is 0. The topological polar surface area (TPSA) is 163 Å². The van der Waals surface area contributed by atoms with E-state index in [4.69, 9.17) is 14.2 Å². The molecule has 2 aliphatic heterocycles. The Morgan fingerprint density at radius 3 is 2.19 bits per heavy atom. The molecular weight excluding hydrogens is 492 g/mol. The second-order valence-corrected chi connectivity index (χ2v) is 11.3.